The van der Waals surface area contributed by atoms with E-state index >= 15 is 0 Å². The van der Waals surface area contributed by atoms with Gasteiger partial charge in [0.05, 0.1) is 13.2 Å². The van der Waals surface area contributed by atoms with Gasteiger partial charge in [-0.2, -0.15) is 0 Å². The van der Waals surface area contributed by atoms with Crippen molar-refractivity contribution < 1.29 is 5.11 Å². The molecule has 1 aromatic heterocycles. The Labute approximate surface area is 104 Å². The molecule has 0 bridgehead atoms. The molecule has 0 aliphatic carbocycles. The fourth-order valence-electron chi connectivity index (χ4n) is 1.66. The highest BCUT2D eigenvalue weighted by Crippen LogP contribution is 2.20. The van der Waals surface area contributed by atoms with Crippen molar-refractivity contribution in [1.82, 2.24) is 4.57 Å². The number of nitrogens with zero attached hydrogens (tertiary/aromatic N) is 1. The molecule has 16 heavy (non-hydrogen) atoms. The van der Waals surface area contributed by atoms with Crippen LogP contribution < -0.4 is 0 Å². The zero-order valence-corrected chi connectivity index (χ0v) is 10.0. The van der Waals surface area contributed by atoms with Gasteiger partial charge in [0.15, 0.2) is 0 Å². The molecule has 0 saturated heterocycles. The summed E-state index contributed by atoms with van der Waals surface area (Å²) in [6.45, 7) is 0.587. The molecule has 2 aromatic rings. The van der Waals surface area contributed by atoms with Crippen molar-refractivity contribution in [3.05, 3.63) is 46.6 Å². The van der Waals surface area contributed by atoms with Crippen molar-refractivity contribution in [3.8, 4) is 0 Å². The molecule has 0 unspecified atom stereocenters. The Bertz CT molecular complexity index is 531. The van der Waals surface area contributed by atoms with Crippen LogP contribution in [-0.4, -0.2) is 9.67 Å². The third kappa shape index (κ3) is 2.24. The van der Waals surface area contributed by atoms with Crippen LogP contribution in [0.5, 0.6) is 0 Å². The quantitative estimate of drug-likeness (QED) is 0.893. The van der Waals surface area contributed by atoms with E-state index in [9.17, 15) is 0 Å². The molecular weight excluding hydrogens is 245 g/mol. The van der Waals surface area contributed by atoms with Gasteiger partial charge in [-0.15, -0.1) is 0 Å². The van der Waals surface area contributed by atoms with Gasteiger partial charge in [0.25, 0.3) is 0 Å². The highest BCUT2D eigenvalue weighted by Gasteiger charge is 2.03. The molecule has 0 amide bonds. The molecule has 0 radical (unpaired) electrons. The van der Waals surface area contributed by atoms with E-state index in [0.29, 0.717) is 11.6 Å². The predicted molar refractivity (Wildman–Crippen MR) is 67.6 cm³/mol. The van der Waals surface area contributed by atoms with E-state index in [1.807, 2.05) is 35.0 Å². The zero-order chi connectivity index (χ0) is 11.5. The smallest absolute Gasteiger partial charge is 0.0682 e. The second-order valence-corrected chi connectivity index (χ2v) is 4.25. The molecule has 0 atom stereocenters. The van der Waals surface area contributed by atoms with Crippen LogP contribution in [0.15, 0.2) is 41.0 Å². The largest absolute Gasteiger partial charge is 0.392 e. The first-order valence-corrected chi connectivity index (χ1v) is 5.69. The zero-order valence-electron chi connectivity index (χ0n) is 8.53. The number of rotatable bonds is 3. The topological polar surface area (TPSA) is 25.2 Å². The van der Waals surface area contributed by atoms with Crippen molar-refractivity contribution in [2.24, 2.45) is 0 Å². The minimum atomic E-state index is 0.0419. The second-order valence-electron chi connectivity index (χ2n) is 3.55. The number of aromatic nitrogens is 1. The lowest BCUT2D eigenvalue weighted by Crippen LogP contribution is -1.96. The van der Waals surface area contributed by atoms with Gasteiger partial charge in [-0.25, -0.2) is 0 Å². The van der Waals surface area contributed by atoms with E-state index < -0.39 is 0 Å². The normalized spacial score (nSPS) is 12.3. The standard InChI is InChI=1S/C12H11Cl2NO/c13-6-11(14)7-15-4-3-10-2-1-9(8-16)5-12(10)15/h1-6,16H,7-8H2/b11-6-. The van der Waals surface area contributed by atoms with Crippen molar-refractivity contribution in [1.29, 1.82) is 0 Å². The van der Waals surface area contributed by atoms with E-state index in [-0.39, 0.29) is 6.61 Å². The highest BCUT2D eigenvalue weighted by molar-refractivity contribution is 6.36. The summed E-state index contributed by atoms with van der Waals surface area (Å²) < 4.78 is 2.00. The first-order chi connectivity index (χ1) is 7.74. The number of hydrogen-bond acceptors (Lipinski definition) is 1. The molecule has 0 aliphatic rings. The summed E-state index contributed by atoms with van der Waals surface area (Å²) in [5.74, 6) is 0. The monoisotopic (exact) mass is 255 g/mol. The number of benzene rings is 1. The van der Waals surface area contributed by atoms with Gasteiger partial charge in [-0.05, 0) is 23.1 Å². The summed E-state index contributed by atoms with van der Waals surface area (Å²) in [5.41, 5.74) is 3.30. The summed E-state index contributed by atoms with van der Waals surface area (Å²) in [5, 5.41) is 10.8. The van der Waals surface area contributed by atoms with Gasteiger partial charge in [-0.1, -0.05) is 35.3 Å². The summed E-state index contributed by atoms with van der Waals surface area (Å²) in [6, 6.07) is 7.85. The van der Waals surface area contributed by atoms with Crippen LogP contribution in [0.1, 0.15) is 5.56 Å². The van der Waals surface area contributed by atoms with E-state index in [1.54, 1.807) is 0 Å². The summed E-state index contributed by atoms with van der Waals surface area (Å²) in [7, 11) is 0. The molecule has 84 valence electrons. The minimum Gasteiger partial charge on any atom is -0.392 e. The van der Waals surface area contributed by atoms with Gasteiger partial charge in [0.2, 0.25) is 0 Å². The van der Waals surface area contributed by atoms with Gasteiger partial charge in [0, 0.05) is 22.3 Å². The third-order valence-electron chi connectivity index (χ3n) is 2.46. The van der Waals surface area contributed by atoms with Gasteiger partial charge in [0.1, 0.15) is 0 Å². The van der Waals surface area contributed by atoms with Crippen molar-refractivity contribution in [2.75, 3.05) is 0 Å². The van der Waals surface area contributed by atoms with Crippen LogP contribution in [0.3, 0.4) is 0 Å². The van der Waals surface area contributed by atoms with Crippen LogP contribution in [0.2, 0.25) is 0 Å². The number of fused-ring (bicyclic) bond motifs is 1. The first kappa shape index (κ1) is 11.5. The van der Waals surface area contributed by atoms with Crippen LogP contribution in [-0.2, 0) is 13.2 Å². The molecule has 2 nitrogen and oxygen atoms in total. The molecule has 0 saturated carbocycles. The molecule has 2 rings (SSSR count). The second kappa shape index (κ2) is 4.91. The average Bonchev–Trinajstić information content (AvgIpc) is 2.71. The Morgan fingerprint density at radius 2 is 2.19 bits per heavy atom. The molecular formula is C12H11Cl2NO. The Balaban J connectivity index is 2.45. The van der Waals surface area contributed by atoms with E-state index in [2.05, 4.69) is 0 Å². The lowest BCUT2D eigenvalue weighted by molar-refractivity contribution is 0.282. The maximum absolute atomic E-state index is 9.09. The van der Waals surface area contributed by atoms with Gasteiger partial charge < -0.3 is 9.67 Å². The molecule has 4 heteroatoms. The highest BCUT2D eigenvalue weighted by atomic mass is 35.5. The Morgan fingerprint density at radius 3 is 2.88 bits per heavy atom. The molecule has 0 aliphatic heterocycles. The fraction of sp³-hybridized carbons (Fsp3) is 0.167. The molecule has 0 spiro atoms. The third-order valence-corrected chi connectivity index (χ3v) is 3.06. The SMILES string of the molecule is OCc1ccc2ccn(C/C(Cl)=C/Cl)c2c1. The summed E-state index contributed by atoms with van der Waals surface area (Å²) in [4.78, 5) is 0. The molecule has 1 aromatic carbocycles. The van der Waals surface area contributed by atoms with Crippen molar-refractivity contribution in [3.63, 3.8) is 0 Å². The minimum absolute atomic E-state index is 0.0419. The summed E-state index contributed by atoms with van der Waals surface area (Å²) >= 11 is 11.4. The first-order valence-electron chi connectivity index (χ1n) is 4.88. The Kier molecular flexibility index (Phi) is 3.54. The van der Waals surface area contributed by atoms with Crippen molar-refractivity contribution in [2.45, 2.75) is 13.2 Å². The summed E-state index contributed by atoms with van der Waals surface area (Å²) in [6.07, 6.45) is 1.95. The number of aliphatic hydroxyl groups is 1. The number of allylic oxidation sites excluding steroid dienone is 1. The Morgan fingerprint density at radius 1 is 1.38 bits per heavy atom. The average molecular weight is 256 g/mol. The maximum Gasteiger partial charge on any atom is 0.0682 e. The maximum atomic E-state index is 9.09. The molecule has 0 fully saturated rings. The lowest BCUT2D eigenvalue weighted by atomic mass is 10.2. The van der Waals surface area contributed by atoms with Crippen molar-refractivity contribution >= 4 is 34.1 Å². The van der Waals surface area contributed by atoms with Gasteiger partial charge >= 0.3 is 0 Å². The fourth-order valence-corrected chi connectivity index (χ4v) is 1.86. The van der Waals surface area contributed by atoms with Crippen LogP contribution >= 0.6 is 23.2 Å². The lowest BCUT2D eigenvalue weighted by Gasteiger charge is -2.04. The van der Waals surface area contributed by atoms with E-state index in [4.69, 9.17) is 28.3 Å². The van der Waals surface area contributed by atoms with Gasteiger partial charge in [-0.3, -0.25) is 0 Å². The molecule has 1 N–H and O–H groups in total. The number of aliphatic hydroxyl groups excluding tert-OH is 1. The number of hydrogen-bond donors (Lipinski definition) is 1. The van der Waals surface area contributed by atoms with Crippen LogP contribution in [0.4, 0.5) is 0 Å². The Hall–Kier alpha value is -0.960. The van der Waals surface area contributed by atoms with Crippen LogP contribution in [0.25, 0.3) is 10.9 Å². The van der Waals surface area contributed by atoms with E-state index in [1.165, 1.54) is 5.54 Å². The van der Waals surface area contributed by atoms with E-state index in [0.717, 1.165) is 16.5 Å². The van der Waals surface area contributed by atoms with Crippen LogP contribution in [0, 0.1) is 0 Å². The molecule has 1 heterocycles. The predicted octanol–water partition coefficient (Wildman–Crippen LogP) is 3.45. The number of halogens is 2.